The summed E-state index contributed by atoms with van der Waals surface area (Å²) >= 11 is 0. The molecule has 0 aromatic heterocycles. The molecule has 0 radical (unpaired) electrons. The largest absolute Gasteiger partial charge is 0.387 e. The second-order valence-corrected chi connectivity index (χ2v) is 5.08. The highest BCUT2D eigenvalue weighted by Gasteiger charge is 2.22. The number of aliphatic imine (C=N–C) groups is 1. The van der Waals surface area contributed by atoms with E-state index in [1.165, 1.54) is 32.1 Å². The van der Waals surface area contributed by atoms with Gasteiger partial charge in [0.05, 0.1) is 11.9 Å². The molecule has 88 valence electrons. The lowest BCUT2D eigenvalue weighted by Crippen LogP contribution is -2.27. The van der Waals surface area contributed by atoms with Gasteiger partial charge >= 0.3 is 0 Å². The van der Waals surface area contributed by atoms with Crippen molar-refractivity contribution in [3.05, 3.63) is 0 Å². The molecule has 0 aromatic carbocycles. The topological polar surface area (TPSA) is 38.4 Å². The summed E-state index contributed by atoms with van der Waals surface area (Å²) in [7, 11) is 0. The minimum absolute atomic E-state index is 0.391. The lowest BCUT2D eigenvalue weighted by atomic mass is 9.83. The highest BCUT2D eigenvalue weighted by atomic mass is 14.9. The fraction of sp³-hybridized carbons (Fsp3) is 0.923. The Hall–Kier alpha value is -0.530. The van der Waals surface area contributed by atoms with Crippen LogP contribution in [0.2, 0.25) is 0 Å². The van der Waals surface area contributed by atoms with Gasteiger partial charge < -0.3 is 5.73 Å². The molecular formula is C13H26N2. The molecular weight excluding hydrogens is 184 g/mol. The summed E-state index contributed by atoms with van der Waals surface area (Å²) in [6.07, 6.45) is 8.03. The maximum absolute atomic E-state index is 5.95. The van der Waals surface area contributed by atoms with Crippen molar-refractivity contribution in [3.8, 4) is 0 Å². The molecule has 15 heavy (non-hydrogen) atoms. The van der Waals surface area contributed by atoms with Gasteiger partial charge in [-0.25, -0.2) is 0 Å². The summed E-state index contributed by atoms with van der Waals surface area (Å²) in [5, 5.41) is 0. The first-order valence-corrected chi connectivity index (χ1v) is 6.48. The fourth-order valence-electron chi connectivity index (χ4n) is 2.39. The molecule has 1 aliphatic rings. The molecule has 0 spiro atoms. The Morgan fingerprint density at radius 1 is 1.27 bits per heavy atom. The Morgan fingerprint density at radius 2 is 1.87 bits per heavy atom. The van der Waals surface area contributed by atoms with Crippen LogP contribution in [-0.4, -0.2) is 11.9 Å². The Labute approximate surface area is 94.3 Å². The number of rotatable bonds is 4. The first-order chi connectivity index (χ1) is 7.15. The summed E-state index contributed by atoms with van der Waals surface area (Å²) in [6, 6.07) is 0.479. The van der Waals surface area contributed by atoms with E-state index in [1.807, 2.05) is 0 Å². The second-order valence-electron chi connectivity index (χ2n) is 5.08. The van der Waals surface area contributed by atoms with Gasteiger partial charge in [-0.05, 0) is 25.2 Å². The van der Waals surface area contributed by atoms with Crippen LogP contribution in [-0.2, 0) is 0 Å². The van der Waals surface area contributed by atoms with Crippen molar-refractivity contribution in [3.63, 3.8) is 0 Å². The van der Waals surface area contributed by atoms with Gasteiger partial charge in [0.2, 0.25) is 0 Å². The normalized spacial score (nSPS) is 22.0. The molecule has 0 bridgehead atoms. The molecule has 0 amide bonds. The van der Waals surface area contributed by atoms with Gasteiger partial charge in [0, 0.05) is 5.92 Å². The van der Waals surface area contributed by atoms with Crippen LogP contribution in [0.3, 0.4) is 0 Å². The molecule has 1 atom stereocenters. The molecule has 0 aromatic rings. The van der Waals surface area contributed by atoms with Gasteiger partial charge in [0.25, 0.3) is 0 Å². The van der Waals surface area contributed by atoms with Gasteiger partial charge in [-0.15, -0.1) is 0 Å². The van der Waals surface area contributed by atoms with Gasteiger partial charge in [-0.1, -0.05) is 40.0 Å². The maximum Gasteiger partial charge on any atom is 0.0966 e. The van der Waals surface area contributed by atoms with Crippen LogP contribution in [0.1, 0.15) is 59.3 Å². The first kappa shape index (κ1) is 12.5. The molecule has 0 aliphatic heterocycles. The third kappa shape index (κ3) is 3.84. The van der Waals surface area contributed by atoms with Gasteiger partial charge in [-0.2, -0.15) is 0 Å². The van der Waals surface area contributed by atoms with Gasteiger partial charge in [-0.3, -0.25) is 4.99 Å². The standard InChI is InChI=1S/C13H26N2/c1-4-12(15-13(14)10(2)3)11-8-6-5-7-9-11/h10-12H,4-9H2,1-3H3,(H2,14,15). The summed E-state index contributed by atoms with van der Waals surface area (Å²) in [5.74, 6) is 2.02. The van der Waals surface area contributed by atoms with E-state index in [-0.39, 0.29) is 0 Å². The molecule has 2 heteroatoms. The van der Waals surface area contributed by atoms with Crippen molar-refractivity contribution >= 4 is 5.84 Å². The molecule has 2 nitrogen and oxygen atoms in total. The number of hydrogen-bond donors (Lipinski definition) is 1. The Balaban J connectivity index is 2.57. The van der Waals surface area contributed by atoms with E-state index in [0.29, 0.717) is 12.0 Å². The van der Waals surface area contributed by atoms with E-state index in [9.17, 15) is 0 Å². The van der Waals surface area contributed by atoms with Crippen LogP contribution in [0.5, 0.6) is 0 Å². The van der Waals surface area contributed by atoms with Crippen LogP contribution in [0.15, 0.2) is 4.99 Å². The number of nitrogens with two attached hydrogens (primary N) is 1. The average Bonchev–Trinajstić information content (AvgIpc) is 2.26. The molecule has 0 heterocycles. The first-order valence-electron chi connectivity index (χ1n) is 6.48. The van der Waals surface area contributed by atoms with Crippen molar-refractivity contribution in [2.24, 2.45) is 22.6 Å². The van der Waals surface area contributed by atoms with Crippen LogP contribution in [0, 0.1) is 11.8 Å². The molecule has 1 aliphatic carbocycles. The second kappa shape index (κ2) is 6.14. The zero-order valence-electron chi connectivity index (χ0n) is 10.5. The zero-order chi connectivity index (χ0) is 11.3. The van der Waals surface area contributed by atoms with Gasteiger partial charge in [0.15, 0.2) is 0 Å². The fourth-order valence-corrected chi connectivity index (χ4v) is 2.39. The average molecular weight is 210 g/mol. The van der Waals surface area contributed by atoms with E-state index in [1.54, 1.807) is 0 Å². The minimum atomic E-state index is 0.391. The van der Waals surface area contributed by atoms with E-state index >= 15 is 0 Å². The summed E-state index contributed by atoms with van der Waals surface area (Å²) in [5.41, 5.74) is 5.95. The summed E-state index contributed by atoms with van der Waals surface area (Å²) < 4.78 is 0. The highest BCUT2D eigenvalue weighted by molar-refractivity contribution is 5.82. The van der Waals surface area contributed by atoms with E-state index < -0.39 is 0 Å². The lowest BCUT2D eigenvalue weighted by Gasteiger charge is -2.27. The van der Waals surface area contributed by atoms with Crippen molar-refractivity contribution in [2.45, 2.75) is 65.3 Å². The van der Waals surface area contributed by atoms with Gasteiger partial charge in [0.1, 0.15) is 0 Å². The van der Waals surface area contributed by atoms with Crippen LogP contribution in [0.4, 0.5) is 0 Å². The number of amidine groups is 1. The highest BCUT2D eigenvalue weighted by Crippen LogP contribution is 2.29. The van der Waals surface area contributed by atoms with E-state index in [2.05, 4.69) is 20.8 Å². The van der Waals surface area contributed by atoms with Crippen molar-refractivity contribution in [1.82, 2.24) is 0 Å². The van der Waals surface area contributed by atoms with Crippen LogP contribution in [0.25, 0.3) is 0 Å². The van der Waals surface area contributed by atoms with Crippen LogP contribution < -0.4 is 5.73 Å². The SMILES string of the molecule is CCC(N=C(N)C(C)C)C1CCCCC1. The Kier molecular flexibility index (Phi) is 5.13. The predicted octanol–water partition coefficient (Wildman–Crippen LogP) is 3.36. The van der Waals surface area contributed by atoms with E-state index in [4.69, 9.17) is 10.7 Å². The Morgan fingerprint density at radius 3 is 2.33 bits per heavy atom. The van der Waals surface area contributed by atoms with Crippen LogP contribution >= 0.6 is 0 Å². The summed E-state index contributed by atoms with van der Waals surface area (Å²) in [6.45, 7) is 6.47. The smallest absolute Gasteiger partial charge is 0.0966 e. The maximum atomic E-state index is 5.95. The zero-order valence-corrected chi connectivity index (χ0v) is 10.5. The summed E-state index contributed by atoms with van der Waals surface area (Å²) in [4.78, 5) is 4.71. The van der Waals surface area contributed by atoms with Crippen molar-refractivity contribution in [2.75, 3.05) is 0 Å². The molecule has 1 unspecified atom stereocenters. The molecule has 1 rings (SSSR count). The Bertz CT molecular complexity index is 203. The van der Waals surface area contributed by atoms with Crippen molar-refractivity contribution < 1.29 is 0 Å². The number of hydrogen-bond acceptors (Lipinski definition) is 1. The molecule has 2 N–H and O–H groups in total. The third-order valence-electron chi connectivity index (χ3n) is 3.52. The van der Waals surface area contributed by atoms with Crippen molar-refractivity contribution in [1.29, 1.82) is 0 Å². The number of nitrogens with zero attached hydrogens (tertiary/aromatic N) is 1. The molecule has 1 saturated carbocycles. The monoisotopic (exact) mass is 210 g/mol. The lowest BCUT2D eigenvalue weighted by molar-refractivity contribution is 0.300. The quantitative estimate of drug-likeness (QED) is 0.561. The molecule has 0 saturated heterocycles. The predicted molar refractivity (Wildman–Crippen MR) is 67.1 cm³/mol. The minimum Gasteiger partial charge on any atom is -0.387 e. The molecule has 1 fully saturated rings. The van der Waals surface area contributed by atoms with E-state index in [0.717, 1.165) is 18.2 Å². The third-order valence-corrected chi connectivity index (χ3v) is 3.52.